The van der Waals surface area contributed by atoms with Crippen LogP contribution in [-0.2, 0) is 0 Å². The van der Waals surface area contributed by atoms with Gasteiger partial charge in [0.25, 0.3) is 0 Å². The zero-order valence-corrected chi connectivity index (χ0v) is 7.35. The molecule has 0 bridgehead atoms. The summed E-state index contributed by atoms with van der Waals surface area (Å²) in [5.41, 5.74) is 0. The second-order valence-corrected chi connectivity index (χ2v) is 5.04. The first-order valence-corrected chi connectivity index (χ1v) is 6.09. The maximum absolute atomic E-state index is 3.49. The molecule has 0 aromatic rings. The maximum Gasteiger partial charge on any atom is 0.105 e. The molecule has 8 heavy (non-hydrogen) atoms. The molecule has 0 aliphatic heterocycles. The van der Waals surface area contributed by atoms with Crippen LogP contribution < -0.4 is 4.98 Å². The van der Waals surface area contributed by atoms with Gasteiger partial charge >= 0.3 is 0 Å². The van der Waals surface area contributed by atoms with Crippen molar-refractivity contribution in [1.29, 1.82) is 0 Å². The van der Waals surface area contributed by atoms with Crippen LogP contribution in [0.5, 0.6) is 0 Å². The van der Waals surface area contributed by atoms with Crippen molar-refractivity contribution in [3.05, 3.63) is 0 Å². The summed E-state index contributed by atoms with van der Waals surface area (Å²) in [6, 6.07) is 1.44. The minimum Gasteiger partial charge on any atom is -0.340 e. The Labute approximate surface area is 54.2 Å². The van der Waals surface area contributed by atoms with Crippen molar-refractivity contribution in [2.75, 3.05) is 6.54 Å². The Morgan fingerprint density at radius 3 is 2.38 bits per heavy atom. The van der Waals surface area contributed by atoms with Gasteiger partial charge in [-0.25, -0.2) is 0 Å². The van der Waals surface area contributed by atoms with Crippen LogP contribution in [-0.4, -0.2) is 15.5 Å². The average molecular weight is 131 g/mol. The van der Waals surface area contributed by atoms with Crippen LogP contribution >= 0.6 is 0 Å². The Balaban J connectivity index is 2.92. The lowest BCUT2D eigenvalue weighted by molar-refractivity contribution is 0.947. The number of hydrogen-bond acceptors (Lipinski definition) is 1. The van der Waals surface area contributed by atoms with Crippen molar-refractivity contribution in [1.82, 2.24) is 4.98 Å². The van der Waals surface area contributed by atoms with Crippen LogP contribution in [0.25, 0.3) is 0 Å². The smallest absolute Gasteiger partial charge is 0.105 e. The average Bonchev–Trinajstić information content (AvgIpc) is 1.68. The van der Waals surface area contributed by atoms with E-state index in [4.69, 9.17) is 0 Å². The fourth-order valence-electron chi connectivity index (χ4n) is 0.884. The third kappa shape index (κ3) is 4.34. The van der Waals surface area contributed by atoms with Gasteiger partial charge in [-0.3, -0.25) is 0 Å². The molecular weight excluding hydrogens is 114 g/mol. The van der Waals surface area contributed by atoms with E-state index in [9.17, 15) is 0 Å². The van der Waals surface area contributed by atoms with Gasteiger partial charge in [0.05, 0.1) is 0 Å². The predicted molar refractivity (Wildman–Crippen MR) is 41.8 cm³/mol. The largest absolute Gasteiger partial charge is 0.340 e. The van der Waals surface area contributed by atoms with E-state index in [1.807, 2.05) is 0 Å². The van der Waals surface area contributed by atoms with Gasteiger partial charge in [0.1, 0.15) is 8.96 Å². The van der Waals surface area contributed by atoms with Gasteiger partial charge in [0.2, 0.25) is 0 Å². The summed E-state index contributed by atoms with van der Waals surface area (Å²) in [6.07, 6.45) is 1.35. The van der Waals surface area contributed by atoms with E-state index in [1.165, 1.54) is 12.5 Å². The molecule has 0 rings (SSSR count). The van der Waals surface area contributed by atoms with E-state index in [-0.39, 0.29) is 0 Å². The van der Waals surface area contributed by atoms with Gasteiger partial charge in [-0.15, -0.1) is 0 Å². The van der Waals surface area contributed by atoms with Crippen molar-refractivity contribution >= 4 is 8.96 Å². The van der Waals surface area contributed by atoms with Gasteiger partial charge in [-0.2, -0.15) is 0 Å². The molecule has 2 heteroatoms. The summed E-state index contributed by atoms with van der Waals surface area (Å²) in [7, 11) is -0.452. The summed E-state index contributed by atoms with van der Waals surface area (Å²) < 4.78 is 0. The first-order chi connectivity index (χ1) is 3.81. The monoisotopic (exact) mass is 131 g/mol. The van der Waals surface area contributed by atoms with Crippen LogP contribution in [0.4, 0.5) is 0 Å². The molecule has 0 fully saturated rings. The zero-order valence-electron chi connectivity index (χ0n) is 6.20. The minimum atomic E-state index is -0.452. The second-order valence-electron chi connectivity index (χ2n) is 2.25. The molecule has 0 radical (unpaired) electrons. The molecule has 1 atom stereocenters. The molecule has 0 spiro atoms. The molecule has 1 unspecified atom stereocenters. The quantitative estimate of drug-likeness (QED) is 0.568. The lowest BCUT2D eigenvalue weighted by Crippen LogP contribution is -2.29. The molecule has 0 aromatic carbocycles. The topological polar surface area (TPSA) is 12.0 Å². The molecular formula is C6H17NSi. The van der Waals surface area contributed by atoms with Gasteiger partial charge in [0.15, 0.2) is 0 Å². The highest BCUT2D eigenvalue weighted by Gasteiger charge is 1.96. The molecule has 1 N–H and O–H groups in total. The molecule has 0 heterocycles. The van der Waals surface area contributed by atoms with Crippen molar-refractivity contribution in [2.24, 2.45) is 0 Å². The fraction of sp³-hybridized carbons (Fsp3) is 1.00. The third-order valence-electron chi connectivity index (χ3n) is 1.27. The molecule has 0 aliphatic rings. The minimum absolute atomic E-state index is 0.452. The van der Waals surface area contributed by atoms with Crippen molar-refractivity contribution < 1.29 is 0 Å². The predicted octanol–water partition coefficient (Wildman–Crippen LogP) is 1.36. The first kappa shape index (κ1) is 8.18. The van der Waals surface area contributed by atoms with Gasteiger partial charge in [-0.1, -0.05) is 26.8 Å². The Kier molecular flexibility index (Phi) is 5.43. The zero-order chi connectivity index (χ0) is 6.41. The SMILES string of the molecule is CCC[SiH](C)NCC. The molecule has 0 aliphatic carbocycles. The van der Waals surface area contributed by atoms with E-state index in [0.29, 0.717) is 0 Å². The molecule has 0 saturated carbocycles. The van der Waals surface area contributed by atoms with Crippen molar-refractivity contribution in [3.8, 4) is 0 Å². The highest BCUT2D eigenvalue weighted by molar-refractivity contribution is 6.54. The third-order valence-corrected chi connectivity index (χ3v) is 3.82. The van der Waals surface area contributed by atoms with E-state index in [1.54, 1.807) is 0 Å². The van der Waals surface area contributed by atoms with E-state index in [2.05, 4.69) is 25.4 Å². The molecule has 0 saturated heterocycles. The highest BCUT2D eigenvalue weighted by atomic mass is 28.3. The Morgan fingerprint density at radius 2 is 2.00 bits per heavy atom. The van der Waals surface area contributed by atoms with Crippen LogP contribution in [0.15, 0.2) is 0 Å². The van der Waals surface area contributed by atoms with Gasteiger partial charge in [-0.05, 0) is 12.6 Å². The summed E-state index contributed by atoms with van der Waals surface area (Å²) >= 11 is 0. The summed E-state index contributed by atoms with van der Waals surface area (Å²) in [4.78, 5) is 3.49. The lowest BCUT2D eigenvalue weighted by Gasteiger charge is -2.06. The molecule has 50 valence electrons. The van der Waals surface area contributed by atoms with Crippen molar-refractivity contribution in [3.63, 3.8) is 0 Å². The van der Waals surface area contributed by atoms with Gasteiger partial charge < -0.3 is 4.98 Å². The standard InChI is InChI=1S/C6H17NSi/c1-4-6-8(3)7-5-2/h7-8H,4-6H2,1-3H3. The van der Waals surface area contributed by atoms with Gasteiger partial charge in [0, 0.05) is 0 Å². The van der Waals surface area contributed by atoms with E-state index in [0.717, 1.165) is 6.54 Å². The highest BCUT2D eigenvalue weighted by Crippen LogP contribution is 1.91. The normalized spacial score (nSPS) is 13.9. The molecule has 0 aromatic heterocycles. The Hall–Kier alpha value is 0.177. The summed E-state index contributed by atoms with van der Waals surface area (Å²) in [5, 5.41) is 0. The second kappa shape index (κ2) is 5.32. The molecule has 1 nitrogen and oxygen atoms in total. The fourth-order valence-corrected chi connectivity index (χ4v) is 2.65. The summed E-state index contributed by atoms with van der Waals surface area (Å²) in [6.45, 7) is 7.96. The molecule has 0 amide bonds. The van der Waals surface area contributed by atoms with Crippen LogP contribution in [0.2, 0.25) is 12.6 Å². The first-order valence-electron chi connectivity index (χ1n) is 3.54. The van der Waals surface area contributed by atoms with Crippen LogP contribution in [0.3, 0.4) is 0 Å². The maximum atomic E-state index is 3.49. The number of rotatable bonds is 4. The van der Waals surface area contributed by atoms with E-state index >= 15 is 0 Å². The lowest BCUT2D eigenvalue weighted by atomic mass is 10.6. The number of hydrogen-bond donors (Lipinski definition) is 1. The number of nitrogens with one attached hydrogen (secondary N) is 1. The Bertz CT molecular complexity index is 41.8. The van der Waals surface area contributed by atoms with Crippen LogP contribution in [0.1, 0.15) is 20.3 Å². The Morgan fingerprint density at radius 1 is 1.38 bits per heavy atom. The van der Waals surface area contributed by atoms with Crippen molar-refractivity contribution in [2.45, 2.75) is 32.9 Å². The summed E-state index contributed by atoms with van der Waals surface area (Å²) in [5.74, 6) is 0. The van der Waals surface area contributed by atoms with E-state index < -0.39 is 8.96 Å². The van der Waals surface area contributed by atoms with Crippen LogP contribution in [0, 0.1) is 0 Å².